The summed E-state index contributed by atoms with van der Waals surface area (Å²) >= 11 is 0. The summed E-state index contributed by atoms with van der Waals surface area (Å²) in [5, 5.41) is 0.971. The third-order valence-electron chi connectivity index (χ3n) is 2.61. The molecule has 0 unspecified atom stereocenters. The molecule has 0 amide bonds. The van der Waals surface area contributed by atoms with Crippen molar-refractivity contribution in [3.05, 3.63) is 47.8 Å². The molecule has 0 fully saturated rings. The molecule has 0 radical (unpaired) electrons. The van der Waals surface area contributed by atoms with E-state index in [-0.39, 0.29) is 12.4 Å². The van der Waals surface area contributed by atoms with Crippen molar-refractivity contribution in [3.63, 3.8) is 0 Å². The average molecular weight is 248 g/mol. The quantitative estimate of drug-likeness (QED) is 0.616. The van der Waals surface area contributed by atoms with Gasteiger partial charge in [-0.1, -0.05) is 24.3 Å². The summed E-state index contributed by atoms with van der Waals surface area (Å²) < 4.78 is 23.4. The number of halogens is 1. The van der Waals surface area contributed by atoms with Crippen molar-refractivity contribution in [2.45, 2.75) is 0 Å². The number of esters is 1. The minimum absolute atomic E-state index is 0.182. The highest BCUT2D eigenvalue weighted by Gasteiger charge is 2.13. The highest BCUT2D eigenvalue weighted by atomic mass is 19.1. The van der Waals surface area contributed by atoms with Crippen LogP contribution in [0.5, 0.6) is 0 Å². The molecule has 0 saturated carbocycles. The summed E-state index contributed by atoms with van der Waals surface area (Å²) in [4.78, 5) is 11.8. The van der Waals surface area contributed by atoms with Crippen LogP contribution < -0.4 is 0 Å². The Kier molecular flexibility index (Phi) is 3.89. The van der Waals surface area contributed by atoms with E-state index in [9.17, 15) is 9.18 Å². The van der Waals surface area contributed by atoms with Crippen LogP contribution in [0.3, 0.4) is 0 Å². The summed E-state index contributed by atoms with van der Waals surface area (Å²) in [5.41, 5.74) is 0.364. The van der Waals surface area contributed by atoms with Crippen LogP contribution in [0.2, 0.25) is 0 Å². The van der Waals surface area contributed by atoms with Crippen LogP contribution in [-0.4, -0.2) is 26.3 Å². The van der Waals surface area contributed by atoms with Crippen LogP contribution in [0.15, 0.2) is 36.4 Å². The van der Waals surface area contributed by atoms with Gasteiger partial charge in [0.2, 0.25) is 0 Å². The number of fused-ring (bicyclic) bond motifs is 1. The lowest BCUT2D eigenvalue weighted by Crippen LogP contribution is -2.10. The van der Waals surface area contributed by atoms with Crippen molar-refractivity contribution in [3.8, 4) is 0 Å². The zero-order valence-electron chi connectivity index (χ0n) is 9.98. The third kappa shape index (κ3) is 2.49. The smallest absolute Gasteiger partial charge is 0.338 e. The Balaban J connectivity index is 2.33. The fraction of sp³-hybridized carbons (Fsp3) is 0.214. The van der Waals surface area contributed by atoms with Crippen LogP contribution in [0.25, 0.3) is 10.8 Å². The molecule has 0 aliphatic carbocycles. The lowest BCUT2D eigenvalue weighted by molar-refractivity contribution is 0.0390. The highest BCUT2D eigenvalue weighted by molar-refractivity contribution is 6.04. The molecule has 0 saturated heterocycles. The summed E-state index contributed by atoms with van der Waals surface area (Å²) in [7, 11) is 1.53. The lowest BCUT2D eigenvalue weighted by atomic mass is 10.0. The fourth-order valence-electron chi connectivity index (χ4n) is 1.74. The zero-order chi connectivity index (χ0) is 13.0. The van der Waals surface area contributed by atoms with E-state index >= 15 is 0 Å². The minimum atomic E-state index is -0.469. The second-order valence-corrected chi connectivity index (χ2v) is 3.77. The second-order valence-electron chi connectivity index (χ2n) is 3.77. The number of carbonyl (C=O) groups excluding carboxylic acids is 1. The number of ether oxygens (including phenoxy) is 2. The van der Waals surface area contributed by atoms with E-state index in [2.05, 4.69) is 0 Å². The summed E-state index contributed by atoms with van der Waals surface area (Å²) in [6, 6.07) is 9.53. The molecule has 2 aromatic rings. The summed E-state index contributed by atoms with van der Waals surface area (Å²) in [6.45, 7) is 0.520. The molecule has 94 valence electrons. The molecule has 0 spiro atoms. The second kappa shape index (κ2) is 5.60. The zero-order valence-corrected chi connectivity index (χ0v) is 9.98. The van der Waals surface area contributed by atoms with Gasteiger partial charge in [0.05, 0.1) is 12.2 Å². The van der Waals surface area contributed by atoms with Crippen LogP contribution in [0.1, 0.15) is 10.4 Å². The number of hydrogen-bond acceptors (Lipinski definition) is 3. The van der Waals surface area contributed by atoms with E-state index < -0.39 is 5.97 Å². The van der Waals surface area contributed by atoms with Crippen LogP contribution in [-0.2, 0) is 9.47 Å². The van der Waals surface area contributed by atoms with Gasteiger partial charge in [-0.2, -0.15) is 0 Å². The van der Waals surface area contributed by atoms with Crippen molar-refractivity contribution in [2.75, 3.05) is 20.3 Å². The maximum atomic E-state index is 13.6. The third-order valence-corrected chi connectivity index (χ3v) is 2.61. The Labute approximate surface area is 104 Å². The monoisotopic (exact) mass is 248 g/mol. The van der Waals surface area contributed by atoms with E-state index in [4.69, 9.17) is 9.47 Å². The Morgan fingerprint density at radius 3 is 2.56 bits per heavy atom. The number of rotatable bonds is 4. The van der Waals surface area contributed by atoms with Gasteiger partial charge in [0, 0.05) is 12.5 Å². The number of hydrogen-bond donors (Lipinski definition) is 0. The minimum Gasteiger partial charge on any atom is -0.460 e. The lowest BCUT2D eigenvalue weighted by Gasteiger charge is -2.07. The van der Waals surface area contributed by atoms with Gasteiger partial charge < -0.3 is 9.47 Å². The molecular weight excluding hydrogens is 235 g/mol. The molecule has 2 rings (SSSR count). The summed E-state index contributed by atoms with van der Waals surface area (Å²) in [5.74, 6) is -0.817. The van der Waals surface area contributed by atoms with E-state index in [0.29, 0.717) is 22.9 Å². The van der Waals surface area contributed by atoms with Gasteiger partial charge in [0.25, 0.3) is 0 Å². The topological polar surface area (TPSA) is 35.5 Å². The van der Waals surface area contributed by atoms with E-state index in [0.717, 1.165) is 0 Å². The highest BCUT2D eigenvalue weighted by Crippen LogP contribution is 2.22. The number of benzene rings is 2. The van der Waals surface area contributed by atoms with Crippen molar-refractivity contribution in [1.82, 2.24) is 0 Å². The first kappa shape index (κ1) is 12.5. The molecule has 0 bridgehead atoms. The molecule has 0 heterocycles. The molecule has 0 aliphatic heterocycles. The number of methoxy groups -OCH3 is 1. The van der Waals surface area contributed by atoms with E-state index in [1.54, 1.807) is 24.3 Å². The normalized spacial score (nSPS) is 10.6. The van der Waals surface area contributed by atoms with Crippen LogP contribution in [0.4, 0.5) is 4.39 Å². The molecule has 2 aromatic carbocycles. The van der Waals surface area contributed by atoms with Gasteiger partial charge in [0.15, 0.2) is 0 Å². The Morgan fingerprint density at radius 1 is 1.11 bits per heavy atom. The molecule has 4 heteroatoms. The van der Waals surface area contributed by atoms with E-state index in [1.807, 2.05) is 0 Å². The Morgan fingerprint density at radius 2 is 1.83 bits per heavy atom. The molecule has 0 aromatic heterocycles. The van der Waals surface area contributed by atoms with Crippen LogP contribution >= 0.6 is 0 Å². The van der Waals surface area contributed by atoms with Crippen LogP contribution in [0, 0.1) is 5.82 Å². The standard InChI is InChI=1S/C14H13FO3/c1-17-8-9-18-14(16)12-6-7-13(15)11-5-3-2-4-10(11)12/h2-7H,8-9H2,1H3. The molecule has 0 aliphatic rings. The molecule has 0 N–H and O–H groups in total. The molecule has 18 heavy (non-hydrogen) atoms. The first-order valence-corrected chi connectivity index (χ1v) is 5.57. The molecule has 3 nitrogen and oxygen atoms in total. The van der Waals surface area contributed by atoms with E-state index in [1.165, 1.54) is 19.2 Å². The van der Waals surface area contributed by atoms with Crippen molar-refractivity contribution in [1.29, 1.82) is 0 Å². The van der Waals surface area contributed by atoms with Gasteiger partial charge in [0.1, 0.15) is 12.4 Å². The van der Waals surface area contributed by atoms with Gasteiger partial charge in [-0.15, -0.1) is 0 Å². The van der Waals surface area contributed by atoms with Crippen molar-refractivity contribution < 1.29 is 18.7 Å². The average Bonchev–Trinajstić information content (AvgIpc) is 2.39. The predicted octanol–water partition coefficient (Wildman–Crippen LogP) is 2.78. The molecular formula is C14H13FO3. The van der Waals surface area contributed by atoms with Crippen molar-refractivity contribution in [2.24, 2.45) is 0 Å². The Bertz CT molecular complexity index is 566. The summed E-state index contributed by atoms with van der Waals surface area (Å²) in [6.07, 6.45) is 0. The van der Waals surface area contributed by atoms with Gasteiger partial charge in [-0.25, -0.2) is 9.18 Å². The van der Waals surface area contributed by atoms with Crippen molar-refractivity contribution >= 4 is 16.7 Å². The predicted molar refractivity (Wildman–Crippen MR) is 66.1 cm³/mol. The first-order chi connectivity index (χ1) is 8.74. The number of carbonyl (C=O) groups is 1. The van der Waals surface area contributed by atoms with Gasteiger partial charge >= 0.3 is 5.97 Å². The molecule has 0 atom stereocenters. The Hall–Kier alpha value is -1.94. The fourth-order valence-corrected chi connectivity index (χ4v) is 1.74. The van der Waals surface area contributed by atoms with Gasteiger partial charge in [-0.05, 0) is 17.5 Å². The SMILES string of the molecule is COCCOC(=O)c1ccc(F)c2ccccc12. The largest absolute Gasteiger partial charge is 0.460 e. The first-order valence-electron chi connectivity index (χ1n) is 5.57. The maximum absolute atomic E-state index is 13.6. The van der Waals surface area contributed by atoms with Gasteiger partial charge in [-0.3, -0.25) is 0 Å². The maximum Gasteiger partial charge on any atom is 0.338 e.